The predicted octanol–water partition coefficient (Wildman–Crippen LogP) is 3.71. The van der Waals surface area contributed by atoms with Crippen LogP contribution < -0.4 is 15.2 Å². The van der Waals surface area contributed by atoms with Gasteiger partial charge in [-0.3, -0.25) is 9.20 Å². The fourth-order valence-corrected chi connectivity index (χ4v) is 3.10. The number of primary amides is 1. The molecule has 144 valence electrons. The third kappa shape index (κ3) is 3.32. The van der Waals surface area contributed by atoms with Crippen LogP contribution in [0.4, 0.5) is 0 Å². The zero-order valence-corrected chi connectivity index (χ0v) is 15.9. The number of nitrogens with two attached hydrogens (primary N) is 1. The molecule has 0 saturated carbocycles. The number of hydrogen-bond acceptors (Lipinski definition) is 5. The van der Waals surface area contributed by atoms with Crippen LogP contribution in [0.1, 0.15) is 18.1 Å². The number of para-hydroxylation sites is 2. The van der Waals surface area contributed by atoms with Gasteiger partial charge in [-0.1, -0.05) is 12.1 Å². The number of benzene rings is 2. The lowest BCUT2D eigenvalue weighted by Crippen LogP contribution is -2.30. The van der Waals surface area contributed by atoms with Crippen molar-refractivity contribution < 1.29 is 14.3 Å². The molecule has 2 heterocycles. The average Bonchev–Trinajstić information content (AvgIpc) is 3.09. The average molecular weight is 386 g/mol. The van der Waals surface area contributed by atoms with E-state index in [9.17, 15) is 10.1 Å². The number of nitriles is 1. The molecule has 1 unspecified atom stereocenters. The van der Waals surface area contributed by atoms with Gasteiger partial charge in [0.1, 0.15) is 17.6 Å². The summed E-state index contributed by atoms with van der Waals surface area (Å²) >= 11 is 0. The van der Waals surface area contributed by atoms with Gasteiger partial charge in [-0.2, -0.15) is 5.26 Å². The summed E-state index contributed by atoms with van der Waals surface area (Å²) in [5, 5.41) is 9.57. The molecular formula is C22H18N4O3. The number of imidazole rings is 1. The van der Waals surface area contributed by atoms with Gasteiger partial charge >= 0.3 is 0 Å². The highest BCUT2D eigenvalue weighted by molar-refractivity contribution is 5.83. The second-order valence-electron chi connectivity index (χ2n) is 6.65. The molecule has 0 aliphatic heterocycles. The van der Waals surface area contributed by atoms with Crippen LogP contribution in [0, 0.1) is 18.3 Å². The quantitative estimate of drug-likeness (QED) is 0.563. The fraction of sp³-hybridized carbons (Fsp3) is 0.136. The van der Waals surface area contributed by atoms with Crippen LogP contribution in [-0.4, -0.2) is 21.4 Å². The summed E-state index contributed by atoms with van der Waals surface area (Å²) in [4.78, 5) is 15.8. The van der Waals surface area contributed by atoms with Gasteiger partial charge in [0.2, 0.25) is 5.88 Å². The minimum atomic E-state index is -0.722. The van der Waals surface area contributed by atoms with Crippen molar-refractivity contribution >= 4 is 22.6 Å². The summed E-state index contributed by atoms with van der Waals surface area (Å²) in [5.74, 6) is 1.10. The zero-order chi connectivity index (χ0) is 20.5. The Labute approximate surface area is 166 Å². The van der Waals surface area contributed by atoms with Gasteiger partial charge in [0.05, 0.1) is 16.6 Å². The van der Waals surface area contributed by atoms with E-state index in [4.69, 9.17) is 15.2 Å². The summed E-state index contributed by atoms with van der Waals surface area (Å²) < 4.78 is 13.4. The van der Waals surface area contributed by atoms with Crippen molar-refractivity contribution in [3.8, 4) is 23.4 Å². The van der Waals surface area contributed by atoms with Crippen molar-refractivity contribution in [2.45, 2.75) is 20.0 Å². The predicted molar refractivity (Wildman–Crippen MR) is 108 cm³/mol. The van der Waals surface area contributed by atoms with Crippen LogP contribution >= 0.6 is 0 Å². The monoisotopic (exact) mass is 386 g/mol. The Morgan fingerprint density at radius 2 is 1.86 bits per heavy atom. The molecule has 0 radical (unpaired) electrons. The van der Waals surface area contributed by atoms with Crippen molar-refractivity contribution in [1.82, 2.24) is 9.38 Å². The van der Waals surface area contributed by atoms with Gasteiger partial charge in [0.15, 0.2) is 11.8 Å². The van der Waals surface area contributed by atoms with Crippen LogP contribution in [0.15, 0.2) is 54.6 Å². The number of hydrogen-bond donors (Lipinski definition) is 1. The topological polar surface area (TPSA) is 103 Å². The standard InChI is InChI=1S/C22H18N4O3/c1-13-11-20(29-16-9-7-15(8-10-16)28-14(2)21(24)27)26-19-6-4-3-5-18(19)25-22(26)17(13)12-23/h3-11,14H,1-2H3,(H2,24,27). The van der Waals surface area contributed by atoms with E-state index in [1.807, 2.05) is 41.7 Å². The molecule has 7 nitrogen and oxygen atoms in total. The summed E-state index contributed by atoms with van der Waals surface area (Å²) in [6.07, 6.45) is -0.722. The number of fused-ring (bicyclic) bond motifs is 3. The lowest BCUT2D eigenvalue weighted by atomic mass is 10.1. The molecule has 7 heteroatoms. The maximum atomic E-state index is 11.1. The first kappa shape index (κ1) is 18.3. The molecule has 1 atom stereocenters. The van der Waals surface area contributed by atoms with Crippen molar-refractivity contribution in [2.75, 3.05) is 0 Å². The first-order valence-electron chi connectivity index (χ1n) is 9.02. The highest BCUT2D eigenvalue weighted by Gasteiger charge is 2.16. The maximum absolute atomic E-state index is 11.1. The molecule has 1 amide bonds. The zero-order valence-electron chi connectivity index (χ0n) is 15.9. The van der Waals surface area contributed by atoms with Crippen LogP contribution in [0.25, 0.3) is 16.7 Å². The lowest BCUT2D eigenvalue weighted by molar-refractivity contribution is -0.123. The van der Waals surface area contributed by atoms with E-state index in [-0.39, 0.29) is 0 Å². The van der Waals surface area contributed by atoms with Gasteiger partial charge in [0.25, 0.3) is 5.91 Å². The van der Waals surface area contributed by atoms with E-state index in [1.54, 1.807) is 31.2 Å². The molecule has 2 aromatic carbocycles. The Balaban J connectivity index is 1.75. The molecule has 4 rings (SSSR count). The maximum Gasteiger partial charge on any atom is 0.258 e. The second kappa shape index (κ2) is 7.17. The van der Waals surface area contributed by atoms with Crippen LogP contribution in [0.2, 0.25) is 0 Å². The van der Waals surface area contributed by atoms with Gasteiger partial charge in [-0.25, -0.2) is 4.98 Å². The van der Waals surface area contributed by atoms with Crippen molar-refractivity contribution in [1.29, 1.82) is 5.26 Å². The van der Waals surface area contributed by atoms with E-state index in [0.717, 1.165) is 16.6 Å². The third-order valence-electron chi connectivity index (χ3n) is 4.61. The normalized spacial score (nSPS) is 11.9. The number of amides is 1. The van der Waals surface area contributed by atoms with E-state index in [0.29, 0.717) is 28.6 Å². The molecule has 0 fully saturated rings. The number of carbonyl (C=O) groups excluding carboxylic acids is 1. The van der Waals surface area contributed by atoms with Crippen LogP contribution in [0.3, 0.4) is 0 Å². The van der Waals surface area contributed by atoms with Gasteiger partial charge in [-0.15, -0.1) is 0 Å². The summed E-state index contributed by atoms with van der Waals surface area (Å²) in [6, 6.07) is 18.6. The molecule has 29 heavy (non-hydrogen) atoms. The molecule has 0 aliphatic carbocycles. The first-order chi connectivity index (χ1) is 14.0. The van der Waals surface area contributed by atoms with Crippen molar-refractivity contribution in [3.05, 3.63) is 65.7 Å². The van der Waals surface area contributed by atoms with Crippen molar-refractivity contribution in [2.24, 2.45) is 5.73 Å². The number of ether oxygens (including phenoxy) is 2. The Hall–Kier alpha value is -4.05. The minimum Gasteiger partial charge on any atom is -0.481 e. The number of pyridine rings is 1. The SMILES string of the molecule is Cc1cc(Oc2ccc(OC(C)C(N)=O)cc2)n2c(nc3ccccc32)c1C#N. The summed E-state index contributed by atoms with van der Waals surface area (Å²) in [5.41, 5.74) is 8.70. The summed E-state index contributed by atoms with van der Waals surface area (Å²) in [6.45, 7) is 3.44. The van der Waals surface area contributed by atoms with E-state index >= 15 is 0 Å². The third-order valence-corrected chi connectivity index (χ3v) is 4.61. The Morgan fingerprint density at radius 3 is 2.55 bits per heavy atom. The fourth-order valence-electron chi connectivity index (χ4n) is 3.10. The van der Waals surface area contributed by atoms with Crippen LogP contribution in [-0.2, 0) is 4.79 Å². The molecule has 0 aliphatic rings. The summed E-state index contributed by atoms with van der Waals surface area (Å²) in [7, 11) is 0. The molecule has 0 spiro atoms. The van der Waals surface area contributed by atoms with E-state index in [1.165, 1.54) is 0 Å². The first-order valence-corrected chi connectivity index (χ1v) is 9.02. The lowest BCUT2D eigenvalue weighted by Gasteiger charge is -2.13. The number of nitrogens with zero attached hydrogens (tertiary/aromatic N) is 3. The Morgan fingerprint density at radius 1 is 1.17 bits per heavy atom. The van der Waals surface area contributed by atoms with E-state index in [2.05, 4.69) is 11.1 Å². The number of aryl methyl sites for hydroxylation is 1. The molecule has 0 saturated heterocycles. The molecule has 4 aromatic rings. The van der Waals surface area contributed by atoms with E-state index < -0.39 is 12.0 Å². The Bertz CT molecular complexity index is 1270. The van der Waals surface area contributed by atoms with Crippen molar-refractivity contribution in [3.63, 3.8) is 0 Å². The highest BCUT2D eigenvalue weighted by Crippen LogP contribution is 2.31. The Kier molecular flexibility index (Phi) is 4.53. The van der Waals surface area contributed by atoms with Gasteiger partial charge < -0.3 is 15.2 Å². The van der Waals surface area contributed by atoms with Crippen LogP contribution in [0.5, 0.6) is 17.4 Å². The molecular weight excluding hydrogens is 368 g/mol. The molecule has 2 aromatic heterocycles. The van der Waals surface area contributed by atoms with Gasteiger partial charge in [0, 0.05) is 6.07 Å². The number of carbonyl (C=O) groups is 1. The number of rotatable bonds is 5. The molecule has 2 N–H and O–H groups in total. The largest absolute Gasteiger partial charge is 0.481 e. The smallest absolute Gasteiger partial charge is 0.258 e. The molecule has 0 bridgehead atoms. The van der Waals surface area contributed by atoms with Gasteiger partial charge in [-0.05, 0) is 55.8 Å². The highest BCUT2D eigenvalue weighted by atomic mass is 16.5. The minimum absolute atomic E-state index is 0.512. The number of aromatic nitrogens is 2. The second-order valence-corrected chi connectivity index (χ2v) is 6.65.